The Balaban J connectivity index is 1.62. The van der Waals surface area contributed by atoms with Gasteiger partial charge in [0.15, 0.2) is 0 Å². The maximum Gasteiger partial charge on any atom is 0.410 e. The van der Waals surface area contributed by atoms with Gasteiger partial charge >= 0.3 is 6.09 Å². The lowest BCUT2D eigenvalue weighted by Gasteiger charge is -2.50. The summed E-state index contributed by atoms with van der Waals surface area (Å²) in [7, 11) is 0. The van der Waals surface area contributed by atoms with Crippen LogP contribution in [0.5, 0.6) is 0 Å². The summed E-state index contributed by atoms with van der Waals surface area (Å²) in [5, 5.41) is 11.4. The molecule has 0 spiro atoms. The molecule has 2 unspecified atom stereocenters. The van der Waals surface area contributed by atoms with Gasteiger partial charge in [-0.1, -0.05) is 12.1 Å². The fourth-order valence-corrected chi connectivity index (χ4v) is 3.98. The van der Waals surface area contributed by atoms with Crippen molar-refractivity contribution in [3.63, 3.8) is 0 Å². The molecule has 3 heterocycles. The fourth-order valence-electron chi connectivity index (χ4n) is 3.98. The molecule has 27 heavy (non-hydrogen) atoms. The van der Waals surface area contributed by atoms with Crippen LogP contribution < -0.4 is 0 Å². The number of hydrogen-bond donors (Lipinski definition) is 1. The van der Waals surface area contributed by atoms with Gasteiger partial charge in [0.05, 0.1) is 48.2 Å². The van der Waals surface area contributed by atoms with Gasteiger partial charge in [0.1, 0.15) is 11.2 Å². The molecular formula is C20H25N3O4. The Bertz CT molecular complexity index is 850. The number of fused-ring (bicyclic) bond motifs is 3. The highest BCUT2D eigenvalue weighted by Crippen LogP contribution is 2.41. The van der Waals surface area contributed by atoms with Crippen molar-refractivity contribution in [3.8, 4) is 0 Å². The highest BCUT2D eigenvalue weighted by Gasteiger charge is 2.50. The van der Waals surface area contributed by atoms with E-state index in [4.69, 9.17) is 9.47 Å². The summed E-state index contributed by atoms with van der Waals surface area (Å²) >= 11 is 0. The summed E-state index contributed by atoms with van der Waals surface area (Å²) < 4.78 is 11.2. The minimum Gasteiger partial charge on any atom is -0.444 e. The van der Waals surface area contributed by atoms with E-state index in [9.17, 15) is 9.90 Å². The summed E-state index contributed by atoms with van der Waals surface area (Å²) in [4.78, 5) is 23.5. The Kier molecular flexibility index (Phi) is 4.31. The van der Waals surface area contributed by atoms with Crippen LogP contribution in [0.3, 0.4) is 0 Å². The zero-order valence-corrected chi connectivity index (χ0v) is 15.9. The Morgan fingerprint density at radius 2 is 1.85 bits per heavy atom. The first-order valence-electron chi connectivity index (χ1n) is 9.29. The predicted molar refractivity (Wildman–Crippen MR) is 99.1 cm³/mol. The molecule has 1 N–H and O–H groups in total. The van der Waals surface area contributed by atoms with Crippen molar-refractivity contribution in [2.45, 2.75) is 56.9 Å². The zero-order valence-electron chi connectivity index (χ0n) is 15.9. The standard InChI is InChI=1S/C20H25N3O4/c1-19(2,3)27-18(24)23-13-8-20(25,9-14(23)12-26-11-13)17-10-21-15-6-4-5-7-16(15)22-17/h4-7,10,13-14,25H,8-9,11-12H2,1-3H3. The molecule has 2 fully saturated rings. The topological polar surface area (TPSA) is 84.8 Å². The lowest BCUT2D eigenvalue weighted by atomic mass is 9.79. The second-order valence-electron chi connectivity index (χ2n) is 8.42. The van der Waals surface area contributed by atoms with E-state index in [-0.39, 0.29) is 18.2 Å². The van der Waals surface area contributed by atoms with Crippen molar-refractivity contribution in [2.24, 2.45) is 0 Å². The third kappa shape index (κ3) is 3.49. The minimum atomic E-state index is -1.14. The molecule has 2 saturated heterocycles. The Hall–Kier alpha value is -2.25. The summed E-state index contributed by atoms with van der Waals surface area (Å²) in [5.41, 5.74) is 0.374. The molecule has 4 rings (SSSR count). The van der Waals surface area contributed by atoms with Crippen molar-refractivity contribution >= 4 is 17.1 Å². The van der Waals surface area contributed by atoms with Crippen molar-refractivity contribution in [1.82, 2.24) is 14.9 Å². The van der Waals surface area contributed by atoms with Crippen molar-refractivity contribution in [3.05, 3.63) is 36.2 Å². The van der Waals surface area contributed by atoms with Crippen LogP contribution in [0.25, 0.3) is 11.0 Å². The van der Waals surface area contributed by atoms with Crippen LogP contribution in [-0.4, -0.2) is 57.0 Å². The first-order chi connectivity index (χ1) is 12.8. The first-order valence-corrected chi connectivity index (χ1v) is 9.29. The van der Waals surface area contributed by atoms with Crippen LogP contribution in [0, 0.1) is 0 Å². The van der Waals surface area contributed by atoms with Crippen molar-refractivity contribution in [1.29, 1.82) is 0 Å². The van der Waals surface area contributed by atoms with Gasteiger partial charge in [-0.15, -0.1) is 0 Å². The molecule has 0 saturated carbocycles. The molecule has 0 radical (unpaired) electrons. The normalized spacial score (nSPS) is 28.2. The summed E-state index contributed by atoms with van der Waals surface area (Å²) in [6.07, 6.45) is 1.97. The maximum atomic E-state index is 12.7. The van der Waals surface area contributed by atoms with Crippen LogP contribution in [-0.2, 0) is 15.1 Å². The number of nitrogens with zero attached hydrogens (tertiary/aromatic N) is 3. The lowest BCUT2D eigenvalue weighted by Crippen LogP contribution is -2.63. The zero-order chi connectivity index (χ0) is 19.2. The molecular weight excluding hydrogens is 346 g/mol. The number of carbonyl (C=O) groups excluding carboxylic acids is 1. The number of rotatable bonds is 1. The molecule has 0 aliphatic carbocycles. The highest BCUT2D eigenvalue weighted by atomic mass is 16.6. The maximum absolute atomic E-state index is 12.7. The fraction of sp³-hybridized carbons (Fsp3) is 0.550. The van der Waals surface area contributed by atoms with E-state index >= 15 is 0 Å². The molecule has 2 bridgehead atoms. The van der Waals surface area contributed by atoms with E-state index < -0.39 is 11.2 Å². The van der Waals surface area contributed by atoms with Gasteiger partial charge in [0, 0.05) is 12.8 Å². The van der Waals surface area contributed by atoms with Crippen LogP contribution in [0.4, 0.5) is 4.79 Å². The van der Waals surface area contributed by atoms with E-state index in [0.717, 1.165) is 11.0 Å². The van der Waals surface area contributed by atoms with Crippen LogP contribution >= 0.6 is 0 Å². The largest absolute Gasteiger partial charge is 0.444 e. The van der Waals surface area contributed by atoms with Crippen molar-refractivity contribution < 1.29 is 19.4 Å². The third-order valence-corrected chi connectivity index (χ3v) is 5.08. The molecule has 144 valence electrons. The van der Waals surface area contributed by atoms with E-state index in [1.54, 1.807) is 11.1 Å². The molecule has 2 aliphatic heterocycles. The number of piperidine rings is 1. The number of carbonyl (C=O) groups is 1. The average molecular weight is 371 g/mol. The number of ether oxygens (including phenoxy) is 2. The van der Waals surface area contributed by atoms with Gasteiger partial charge in [-0.05, 0) is 32.9 Å². The average Bonchev–Trinajstić information content (AvgIpc) is 2.59. The Labute approximate surface area is 158 Å². The number of aromatic nitrogens is 2. The van der Waals surface area contributed by atoms with Gasteiger partial charge in [0.25, 0.3) is 0 Å². The van der Waals surface area contributed by atoms with E-state index in [2.05, 4.69) is 9.97 Å². The molecule has 2 atom stereocenters. The second-order valence-corrected chi connectivity index (χ2v) is 8.42. The van der Waals surface area contributed by atoms with Gasteiger partial charge < -0.3 is 14.6 Å². The number of amides is 1. The Morgan fingerprint density at radius 1 is 1.22 bits per heavy atom. The SMILES string of the molecule is CC(C)(C)OC(=O)N1C2COCC1CC(O)(c1cnc3ccccc3n1)C2. The van der Waals surface area contributed by atoms with Gasteiger partial charge in [-0.2, -0.15) is 0 Å². The predicted octanol–water partition coefficient (Wildman–Crippen LogP) is 2.62. The third-order valence-electron chi connectivity index (χ3n) is 5.08. The van der Waals surface area contributed by atoms with Crippen LogP contribution in [0.2, 0.25) is 0 Å². The Morgan fingerprint density at radius 3 is 2.48 bits per heavy atom. The molecule has 1 aromatic heterocycles. The molecule has 2 aliphatic rings. The van der Waals surface area contributed by atoms with E-state index in [1.807, 2.05) is 45.0 Å². The van der Waals surface area contributed by atoms with Crippen LogP contribution in [0.1, 0.15) is 39.3 Å². The van der Waals surface area contributed by atoms with Crippen LogP contribution in [0.15, 0.2) is 30.5 Å². The number of aliphatic hydroxyl groups is 1. The number of benzene rings is 1. The summed E-state index contributed by atoms with van der Waals surface area (Å²) in [6.45, 7) is 6.30. The number of morpholine rings is 1. The minimum absolute atomic E-state index is 0.259. The number of para-hydroxylation sites is 2. The number of hydrogen-bond acceptors (Lipinski definition) is 6. The van der Waals surface area contributed by atoms with Crippen molar-refractivity contribution in [2.75, 3.05) is 13.2 Å². The van der Waals surface area contributed by atoms with Gasteiger partial charge in [-0.25, -0.2) is 9.78 Å². The first kappa shape index (κ1) is 18.1. The highest BCUT2D eigenvalue weighted by molar-refractivity contribution is 5.73. The van der Waals surface area contributed by atoms with Gasteiger partial charge in [-0.3, -0.25) is 9.88 Å². The van der Waals surface area contributed by atoms with Gasteiger partial charge in [0.2, 0.25) is 0 Å². The summed E-state index contributed by atoms with van der Waals surface area (Å²) in [6, 6.07) is 7.07. The molecule has 2 aromatic rings. The van der Waals surface area contributed by atoms with E-state index in [0.29, 0.717) is 31.7 Å². The molecule has 1 amide bonds. The molecule has 7 nitrogen and oxygen atoms in total. The quantitative estimate of drug-likeness (QED) is 0.829. The lowest BCUT2D eigenvalue weighted by molar-refractivity contribution is -0.142. The molecule has 1 aromatic carbocycles. The summed E-state index contributed by atoms with van der Waals surface area (Å²) in [5.74, 6) is 0. The molecule has 7 heteroatoms. The monoisotopic (exact) mass is 371 g/mol. The van der Waals surface area contributed by atoms with E-state index in [1.165, 1.54) is 0 Å². The second kappa shape index (κ2) is 6.42. The smallest absolute Gasteiger partial charge is 0.410 e.